The van der Waals surface area contributed by atoms with E-state index in [0.29, 0.717) is 19.8 Å². The van der Waals surface area contributed by atoms with Gasteiger partial charge in [0, 0.05) is 6.54 Å². The van der Waals surface area contributed by atoms with Crippen molar-refractivity contribution in [3.05, 3.63) is 23.8 Å². The zero-order valence-corrected chi connectivity index (χ0v) is 12.1. The van der Waals surface area contributed by atoms with Gasteiger partial charge in [0.25, 0.3) is 0 Å². The molecule has 0 aromatic heterocycles. The number of carboxylic acids is 1. The predicted molar refractivity (Wildman–Crippen MR) is 77.7 cm³/mol. The van der Waals surface area contributed by atoms with Gasteiger partial charge in [0.2, 0.25) is 0 Å². The molecule has 0 radical (unpaired) electrons. The summed E-state index contributed by atoms with van der Waals surface area (Å²) in [5.41, 5.74) is 1.08. The van der Waals surface area contributed by atoms with Gasteiger partial charge in [0.05, 0.1) is 0 Å². The van der Waals surface area contributed by atoms with Gasteiger partial charge >= 0.3 is 5.97 Å². The summed E-state index contributed by atoms with van der Waals surface area (Å²) in [6, 6.07) is 5.51. The van der Waals surface area contributed by atoms with E-state index in [0.717, 1.165) is 49.3 Å². The van der Waals surface area contributed by atoms with Gasteiger partial charge in [-0.15, -0.1) is 0 Å². The largest absolute Gasteiger partial charge is 0.486 e. The molecule has 0 saturated carbocycles. The molecule has 0 aliphatic carbocycles. The number of likely N-dealkylation sites (tertiary alicyclic amines) is 1. The SMILES string of the molecule is O=C(O)C1CCCCCN1Cc1ccc2c(c1)OCCO2. The van der Waals surface area contributed by atoms with Gasteiger partial charge in [-0.3, -0.25) is 9.69 Å². The lowest BCUT2D eigenvalue weighted by Gasteiger charge is -2.27. The lowest BCUT2D eigenvalue weighted by Crippen LogP contribution is -2.40. The fraction of sp³-hybridized carbons (Fsp3) is 0.562. The minimum absolute atomic E-state index is 0.374. The summed E-state index contributed by atoms with van der Waals surface area (Å²) in [6.07, 6.45) is 3.91. The van der Waals surface area contributed by atoms with Crippen LogP contribution in [0.3, 0.4) is 0 Å². The molecule has 21 heavy (non-hydrogen) atoms. The summed E-state index contributed by atoms with van der Waals surface area (Å²) in [5, 5.41) is 9.42. The van der Waals surface area contributed by atoms with E-state index in [9.17, 15) is 9.90 Å². The fourth-order valence-corrected chi connectivity index (χ4v) is 3.06. The van der Waals surface area contributed by atoms with Gasteiger partial charge in [-0.25, -0.2) is 0 Å². The van der Waals surface area contributed by atoms with Crippen LogP contribution in [0.15, 0.2) is 18.2 Å². The Hall–Kier alpha value is -1.75. The highest BCUT2D eigenvalue weighted by atomic mass is 16.6. The molecule has 114 valence electrons. The van der Waals surface area contributed by atoms with Gasteiger partial charge in [0.1, 0.15) is 19.3 Å². The molecule has 0 spiro atoms. The smallest absolute Gasteiger partial charge is 0.320 e. The number of benzene rings is 1. The summed E-state index contributed by atoms with van der Waals surface area (Å²) in [6.45, 7) is 2.64. The van der Waals surface area contributed by atoms with Gasteiger partial charge in [-0.05, 0) is 37.1 Å². The Balaban J connectivity index is 1.75. The number of fused-ring (bicyclic) bond motifs is 1. The van der Waals surface area contributed by atoms with E-state index in [1.807, 2.05) is 18.2 Å². The molecule has 3 rings (SSSR count). The molecule has 1 aromatic carbocycles. The highest BCUT2D eigenvalue weighted by molar-refractivity contribution is 5.73. The molecule has 0 bridgehead atoms. The van der Waals surface area contributed by atoms with E-state index in [1.54, 1.807) is 0 Å². The van der Waals surface area contributed by atoms with Crippen molar-refractivity contribution in [1.82, 2.24) is 4.90 Å². The van der Waals surface area contributed by atoms with E-state index < -0.39 is 5.97 Å². The van der Waals surface area contributed by atoms with Gasteiger partial charge < -0.3 is 14.6 Å². The normalized spacial score (nSPS) is 22.6. The van der Waals surface area contributed by atoms with Crippen molar-refractivity contribution in [3.63, 3.8) is 0 Å². The van der Waals surface area contributed by atoms with Crippen LogP contribution in [0.1, 0.15) is 31.2 Å². The van der Waals surface area contributed by atoms with E-state index in [2.05, 4.69) is 4.90 Å². The Morgan fingerprint density at radius 2 is 2.00 bits per heavy atom. The molecular formula is C16H21NO4. The number of ether oxygens (including phenoxy) is 2. The molecule has 5 nitrogen and oxygen atoms in total. The Labute approximate surface area is 124 Å². The first-order valence-electron chi connectivity index (χ1n) is 7.59. The highest BCUT2D eigenvalue weighted by Crippen LogP contribution is 2.31. The van der Waals surface area contributed by atoms with Gasteiger partial charge in [0.15, 0.2) is 11.5 Å². The predicted octanol–water partition coefficient (Wildman–Crippen LogP) is 2.29. The minimum atomic E-state index is -0.713. The third-order valence-corrected chi connectivity index (χ3v) is 4.14. The Morgan fingerprint density at radius 1 is 1.19 bits per heavy atom. The Morgan fingerprint density at radius 3 is 2.81 bits per heavy atom. The Kier molecular flexibility index (Phi) is 4.29. The molecule has 2 aliphatic rings. The van der Waals surface area contributed by atoms with Crippen LogP contribution in [0.2, 0.25) is 0 Å². The van der Waals surface area contributed by atoms with Crippen molar-refractivity contribution in [2.45, 2.75) is 38.3 Å². The van der Waals surface area contributed by atoms with Crippen molar-refractivity contribution in [2.24, 2.45) is 0 Å². The maximum Gasteiger partial charge on any atom is 0.320 e. The molecule has 2 heterocycles. The minimum Gasteiger partial charge on any atom is -0.486 e. The first-order chi connectivity index (χ1) is 10.2. The standard InChI is InChI=1S/C16H21NO4/c18-16(19)13-4-2-1-3-7-17(13)11-12-5-6-14-15(10-12)21-9-8-20-14/h5-6,10,13H,1-4,7-9,11H2,(H,18,19). The van der Waals surface area contributed by atoms with Crippen LogP contribution in [-0.4, -0.2) is 41.8 Å². The maximum atomic E-state index is 11.5. The maximum absolute atomic E-state index is 11.5. The van der Waals surface area contributed by atoms with Crippen molar-refractivity contribution in [1.29, 1.82) is 0 Å². The average Bonchev–Trinajstić information content (AvgIpc) is 2.72. The van der Waals surface area contributed by atoms with E-state index in [1.165, 1.54) is 0 Å². The molecule has 1 aromatic rings. The van der Waals surface area contributed by atoms with E-state index >= 15 is 0 Å². The van der Waals surface area contributed by atoms with Crippen LogP contribution < -0.4 is 9.47 Å². The van der Waals surface area contributed by atoms with Crippen molar-refractivity contribution in [3.8, 4) is 11.5 Å². The number of carboxylic acid groups (broad SMARTS) is 1. The van der Waals surface area contributed by atoms with Crippen LogP contribution in [-0.2, 0) is 11.3 Å². The third-order valence-electron chi connectivity index (χ3n) is 4.14. The molecule has 1 unspecified atom stereocenters. The molecule has 5 heteroatoms. The monoisotopic (exact) mass is 291 g/mol. The first-order valence-corrected chi connectivity index (χ1v) is 7.59. The molecule has 2 aliphatic heterocycles. The highest BCUT2D eigenvalue weighted by Gasteiger charge is 2.27. The lowest BCUT2D eigenvalue weighted by atomic mass is 10.1. The van der Waals surface area contributed by atoms with Crippen LogP contribution in [0.4, 0.5) is 0 Å². The van der Waals surface area contributed by atoms with Crippen molar-refractivity contribution < 1.29 is 19.4 Å². The van der Waals surface area contributed by atoms with Crippen molar-refractivity contribution >= 4 is 5.97 Å². The quantitative estimate of drug-likeness (QED) is 0.926. The Bertz CT molecular complexity index is 517. The second-order valence-electron chi connectivity index (χ2n) is 5.65. The molecular weight excluding hydrogens is 270 g/mol. The van der Waals surface area contributed by atoms with E-state index in [4.69, 9.17) is 9.47 Å². The number of hydrogen-bond donors (Lipinski definition) is 1. The number of carbonyl (C=O) groups is 1. The number of hydrogen-bond acceptors (Lipinski definition) is 4. The summed E-state index contributed by atoms with van der Waals surface area (Å²) >= 11 is 0. The lowest BCUT2D eigenvalue weighted by molar-refractivity contribution is -0.143. The summed E-state index contributed by atoms with van der Waals surface area (Å²) in [7, 11) is 0. The van der Waals surface area contributed by atoms with Gasteiger partial charge in [-0.1, -0.05) is 18.9 Å². The molecule has 0 amide bonds. The number of aliphatic carboxylic acids is 1. The van der Waals surface area contributed by atoms with Crippen LogP contribution in [0, 0.1) is 0 Å². The molecule has 1 fully saturated rings. The van der Waals surface area contributed by atoms with Crippen LogP contribution >= 0.6 is 0 Å². The average molecular weight is 291 g/mol. The third kappa shape index (κ3) is 3.29. The second-order valence-corrected chi connectivity index (χ2v) is 5.65. The zero-order valence-electron chi connectivity index (χ0n) is 12.1. The van der Waals surface area contributed by atoms with Crippen LogP contribution in [0.5, 0.6) is 11.5 Å². The summed E-state index contributed by atoms with van der Waals surface area (Å²) in [4.78, 5) is 13.5. The first kappa shape index (κ1) is 14.2. The molecule has 1 saturated heterocycles. The summed E-state index contributed by atoms with van der Waals surface area (Å²) < 4.78 is 11.1. The summed E-state index contributed by atoms with van der Waals surface area (Å²) in [5.74, 6) is 0.825. The number of nitrogens with zero attached hydrogens (tertiary/aromatic N) is 1. The van der Waals surface area contributed by atoms with E-state index in [-0.39, 0.29) is 6.04 Å². The number of rotatable bonds is 3. The second kappa shape index (κ2) is 6.35. The zero-order chi connectivity index (χ0) is 14.7. The fourth-order valence-electron chi connectivity index (χ4n) is 3.06. The van der Waals surface area contributed by atoms with Crippen LogP contribution in [0.25, 0.3) is 0 Å². The molecule has 1 atom stereocenters. The van der Waals surface area contributed by atoms with Gasteiger partial charge in [-0.2, -0.15) is 0 Å². The molecule has 1 N–H and O–H groups in total. The topological polar surface area (TPSA) is 59.0 Å². The van der Waals surface area contributed by atoms with Crippen molar-refractivity contribution in [2.75, 3.05) is 19.8 Å².